The van der Waals surface area contributed by atoms with Crippen molar-refractivity contribution in [1.29, 1.82) is 0 Å². The average Bonchev–Trinajstić information content (AvgIpc) is 3.27. The summed E-state index contributed by atoms with van der Waals surface area (Å²) >= 11 is 1.33. The van der Waals surface area contributed by atoms with E-state index < -0.39 is 0 Å². The lowest BCUT2D eigenvalue weighted by atomic mass is 9.76. The number of nitrogens with zero attached hydrogens (tertiary/aromatic N) is 2. The van der Waals surface area contributed by atoms with Gasteiger partial charge in [0.1, 0.15) is 5.69 Å². The Bertz CT molecular complexity index is 732. The Balaban J connectivity index is 1.47. The smallest absolute Gasteiger partial charge is 0.273 e. The second kappa shape index (κ2) is 6.18. The number of hydrogen-bond acceptors (Lipinski definition) is 5. The molecule has 0 spiro atoms. The zero-order valence-corrected chi connectivity index (χ0v) is 14.4. The number of aryl methyl sites for hydroxylation is 1. The maximum absolute atomic E-state index is 12.7. The molecule has 2 atom stereocenters. The maximum atomic E-state index is 12.7. The largest absolute Gasteiger partial charge is 0.375 e. The van der Waals surface area contributed by atoms with Crippen molar-refractivity contribution in [1.82, 2.24) is 15.2 Å². The van der Waals surface area contributed by atoms with Crippen LogP contribution in [0.5, 0.6) is 0 Å². The van der Waals surface area contributed by atoms with E-state index in [-0.39, 0.29) is 11.3 Å². The fraction of sp³-hybridized carbons (Fsp3) is 0.444. The second-order valence-electron chi connectivity index (χ2n) is 6.93. The summed E-state index contributed by atoms with van der Waals surface area (Å²) in [4.78, 5) is 18.8. The van der Waals surface area contributed by atoms with Crippen LogP contribution in [0.4, 0.5) is 5.13 Å². The normalized spacial score (nSPS) is 25.8. The molecule has 3 N–H and O–H groups in total. The highest BCUT2D eigenvalue weighted by Gasteiger charge is 2.50. The lowest BCUT2D eigenvalue weighted by molar-refractivity contribution is 0.0764. The molecule has 0 radical (unpaired) electrons. The van der Waals surface area contributed by atoms with E-state index >= 15 is 0 Å². The molecule has 0 bridgehead atoms. The molecule has 24 heavy (non-hydrogen) atoms. The lowest BCUT2D eigenvalue weighted by Crippen LogP contribution is -2.36. The minimum Gasteiger partial charge on any atom is -0.375 e. The summed E-state index contributed by atoms with van der Waals surface area (Å²) in [5.41, 5.74) is 7.72. The number of rotatable bonds is 4. The fourth-order valence-electron chi connectivity index (χ4n) is 4.12. The van der Waals surface area contributed by atoms with Crippen LogP contribution >= 0.6 is 11.3 Å². The predicted molar refractivity (Wildman–Crippen MR) is 96.0 cm³/mol. The quantitative estimate of drug-likeness (QED) is 0.892. The molecule has 0 saturated carbocycles. The van der Waals surface area contributed by atoms with Gasteiger partial charge in [0.2, 0.25) is 0 Å². The summed E-state index contributed by atoms with van der Waals surface area (Å²) in [7, 11) is 0. The van der Waals surface area contributed by atoms with E-state index in [9.17, 15) is 4.79 Å². The number of likely N-dealkylation sites (tertiary alicyclic amines) is 1. The van der Waals surface area contributed by atoms with Crippen molar-refractivity contribution < 1.29 is 4.79 Å². The minimum absolute atomic E-state index is 0.0245. The van der Waals surface area contributed by atoms with Crippen molar-refractivity contribution >= 4 is 22.4 Å². The molecule has 2 aliphatic rings. The van der Waals surface area contributed by atoms with Gasteiger partial charge in [-0.25, -0.2) is 4.98 Å². The van der Waals surface area contributed by atoms with E-state index in [0.717, 1.165) is 39.0 Å². The van der Waals surface area contributed by atoms with Crippen LogP contribution < -0.4 is 11.1 Å². The van der Waals surface area contributed by atoms with E-state index in [4.69, 9.17) is 5.73 Å². The summed E-state index contributed by atoms with van der Waals surface area (Å²) < 4.78 is 0. The van der Waals surface area contributed by atoms with Gasteiger partial charge in [0, 0.05) is 37.0 Å². The van der Waals surface area contributed by atoms with Gasteiger partial charge in [-0.15, -0.1) is 11.3 Å². The van der Waals surface area contributed by atoms with Gasteiger partial charge < -0.3 is 16.0 Å². The molecule has 2 unspecified atom stereocenters. The third-order valence-corrected chi connectivity index (χ3v) is 6.14. The number of nitrogen functional groups attached to an aromatic ring is 1. The van der Waals surface area contributed by atoms with Crippen LogP contribution in [-0.4, -0.2) is 42.0 Å². The molecule has 2 saturated heterocycles. The number of aromatic nitrogens is 1. The maximum Gasteiger partial charge on any atom is 0.273 e. The Hall–Kier alpha value is -1.92. The van der Waals surface area contributed by atoms with Crippen LogP contribution in [-0.2, 0) is 6.42 Å². The molecule has 1 aromatic carbocycles. The molecule has 6 heteroatoms. The number of carbonyl (C=O) groups excluding carboxylic acids is 1. The van der Waals surface area contributed by atoms with Gasteiger partial charge in [-0.05, 0) is 24.3 Å². The number of benzene rings is 1. The van der Waals surface area contributed by atoms with Gasteiger partial charge in [-0.3, -0.25) is 4.79 Å². The fourth-order valence-corrected chi connectivity index (χ4v) is 4.66. The molecule has 2 aliphatic heterocycles. The minimum atomic E-state index is 0.0245. The zero-order valence-electron chi connectivity index (χ0n) is 13.6. The van der Waals surface area contributed by atoms with E-state index in [1.165, 1.54) is 16.9 Å². The summed E-state index contributed by atoms with van der Waals surface area (Å²) in [6.45, 7) is 3.62. The number of nitrogens with two attached hydrogens (primary N) is 1. The Morgan fingerprint density at radius 1 is 1.42 bits per heavy atom. The predicted octanol–water partition coefficient (Wildman–Crippen LogP) is 2.02. The van der Waals surface area contributed by atoms with Crippen LogP contribution in [0.3, 0.4) is 0 Å². The molecular weight excluding hydrogens is 320 g/mol. The van der Waals surface area contributed by atoms with Gasteiger partial charge in [-0.2, -0.15) is 0 Å². The molecule has 3 heterocycles. The Morgan fingerprint density at radius 3 is 3.00 bits per heavy atom. The van der Waals surface area contributed by atoms with Crippen LogP contribution in [0, 0.1) is 11.3 Å². The highest BCUT2D eigenvalue weighted by Crippen LogP contribution is 2.43. The number of fused-ring (bicyclic) bond motifs is 1. The number of nitrogens with one attached hydrogen (secondary N) is 1. The van der Waals surface area contributed by atoms with Crippen LogP contribution in [0.1, 0.15) is 22.5 Å². The monoisotopic (exact) mass is 342 g/mol. The number of amides is 1. The molecular formula is C18H22N4OS. The van der Waals surface area contributed by atoms with Gasteiger partial charge in [0.05, 0.1) is 0 Å². The molecule has 1 amide bonds. The third-order valence-electron chi connectivity index (χ3n) is 5.46. The van der Waals surface area contributed by atoms with Crippen molar-refractivity contribution in [2.45, 2.75) is 12.8 Å². The molecule has 1 aromatic heterocycles. The summed E-state index contributed by atoms with van der Waals surface area (Å²) in [5.74, 6) is 0.553. The Labute approximate surface area is 145 Å². The van der Waals surface area contributed by atoms with Gasteiger partial charge in [0.15, 0.2) is 5.13 Å². The van der Waals surface area contributed by atoms with Crippen molar-refractivity contribution in [2.75, 3.05) is 31.9 Å². The van der Waals surface area contributed by atoms with E-state index in [1.807, 2.05) is 4.90 Å². The lowest BCUT2D eigenvalue weighted by Gasteiger charge is -2.28. The van der Waals surface area contributed by atoms with Crippen molar-refractivity contribution in [2.24, 2.45) is 11.3 Å². The second-order valence-corrected chi connectivity index (χ2v) is 7.82. The first-order valence-corrected chi connectivity index (χ1v) is 9.29. The first-order chi connectivity index (χ1) is 11.7. The number of carbonyl (C=O) groups is 1. The van der Waals surface area contributed by atoms with Crippen molar-refractivity contribution in [3.8, 4) is 0 Å². The van der Waals surface area contributed by atoms with Crippen LogP contribution in [0.2, 0.25) is 0 Å². The first-order valence-electron chi connectivity index (χ1n) is 8.41. The summed E-state index contributed by atoms with van der Waals surface area (Å²) in [5, 5.41) is 5.75. The third kappa shape index (κ3) is 2.80. The molecule has 2 aromatic rings. The van der Waals surface area contributed by atoms with Crippen LogP contribution in [0.15, 0.2) is 35.7 Å². The van der Waals surface area contributed by atoms with Gasteiger partial charge in [0.25, 0.3) is 5.91 Å². The van der Waals surface area contributed by atoms with E-state index in [1.54, 1.807) is 5.38 Å². The molecule has 2 fully saturated rings. The number of thiazole rings is 1. The van der Waals surface area contributed by atoms with E-state index in [2.05, 4.69) is 40.6 Å². The van der Waals surface area contributed by atoms with Crippen LogP contribution in [0.25, 0.3) is 0 Å². The highest BCUT2D eigenvalue weighted by molar-refractivity contribution is 7.13. The van der Waals surface area contributed by atoms with E-state index in [0.29, 0.717) is 16.7 Å². The standard InChI is InChI=1S/C18H22N4OS/c19-17-21-15(10-24-17)16(23)22-9-14-8-20-11-18(14,12-22)7-6-13-4-2-1-3-5-13/h1-5,10,14,20H,6-9,11-12H2,(H2,19,21). The zero-order chi connectivity index (χ0) is 16.6. The summed E-state index contributed by atoms with van der Waals surface area (Å²) in [6.07, 6.45) is 2.17. The molecule has 0 aliphatic carbocycles. The number of hydrogen-bond donors (Lipinski definition) is 2. The summed E-state index contributed by atoms with van der Waals surface area (Å²) in [6, 6.07) is 10.6. The molecule has 4 rings (SSSR count). The Kier molecular flexibility index (Phi) is 4.02. The Morgan fingerprint density at radius 2 is 2.25 bits per heavy atom. The van der Waals surface area contributed by atoms with Crippen molar-refractivity contribution in [3.05, 3.63) is 47.0 Å². The molecule has 5 nitrogen and oxygen atoms in total. The van der Waals surface area contributed by atoms with Gasteiger partial charge >= 0.3 is 0 Å². The topological polar surface area (TPSA) is 71.2 Å². The molecule has 126 valence electrons. The SMILES string of the molecule is Nc1nc(C(=O)N2CC3CNCC3(CCc3ccccc3)C2)cs1. The van der Waals surface area contributed by atoms with Crippen molar-refractivity contribution in [3.63, 3.8) is 0 Å². The highest BCUT2D eigenvalue weighted by atomic mass is 32.1. The average molecular weight is 342 g/mol. The number of anilines is 1. The van der Waals surface area contributed by atoms with Gasteiger partial charge in [-0.1, -0.05) is 30.3 Å². The first kappa shape index (κ1) is 15.6.